The zero-order valence-electron chi connectivity index (χ0n) is 10.4. The number of hydrogen-bond acceptors (Lipinski definition) is 4. The highest BCUT2D eigenvalue weighted by atomic mass is 35.5. The molecule has 18 heavy (non-hydrogen) atoms. The van der Waals surface area contributed by atoms with Gasteiger partial charge in [0.1, 0.15) is 5.02 Å². The molecule has 2 aromatic heterocycles. The second-order valence-electron chi connectivity index (χ2n) is 4.13. The molecule has 0 aliphatic heterocycles. The van der Waals surface area contributed by atoms with E-state index in [9.17, 15) is 4.79 Å². The summed E-state index contributed by atoms with van der Waals surface area (Å²) in [7, 11) is 0. The van der Waals surface area contributed by atoms with E-state index in [-0.39, 0.29) is 16.6 Å². The highest BCUT2D eigenvalue weighted by molar-refractivity contribution is 7.12. The van der Waals surface area contributed by atoms with Crippen LogP contribution >= 0.6 is 22.9 Å². The first-order chi connectivity index (χ1) is 8.49. The molecule has 0 spiro atoms. The number of rotatable bonds is 3. The fourth-order valence-electron chi connectivity index (χ4n) is 1.85. The number of aromatic nitrogens is 2. The molecule has 0 fully saturated rings. The van der Waals surface area contributed by atoms with E-state index in [1.165, 1.54) is 21.6 Å². The summed E-state index contributed by atoms with van der Waals surface area (Å²) in [6, 6.07) is 2.19. The SMILES string of the molecule is Cc1cc(C(C)Nc2nc[nH]c(=O)c2Cl)c(C)s1. The second kappa shape index (κ2) is 5.12. The Kier molecular flexibility index (Phi) is 3.73. The Hall–Kier alpha value is -1.33. The summed E-state index contributed by atoms with van der Waals surface area (Å²) in [6.07, 6.45) is 1.34. The summed E-state index contributed by atoms with van der Waals surface area (Å²) < 4.78 is 0. The number of thiophene rings is 1. The van der Waals surface area contributed by atoms with E-state index < -0.39 is 0 Å². The summed E-state index contributed by atoms with van der Waals surface area (Å²) in [4.78, 5) is 20.4. The Labute approximate surface area is 114 Å². The van der Waals surface area contributed by atoms with Gasteiger partial charge in [-0.2, -0.15) is 0 Å². The number of halogens is 1. The Balaban J connectivity index is 2.26. The third-order valence-electron chi connectivity index (χ3n) is 2.70. The van der Waals surface area contributed by atoms with Crippen molar-refractivity contribution in [2.45, 2.75) is 26.8 Å². The third-order valence-corrected chi connectivity index (χ3v) is 4.03. The number of hydrogen-bond donors (Lipinski definition) is 2. The monoisotopic (exact) mass is 283 g/mol. The van der Waals surface area contributed by atoms with Crippen LogP contribution in [-0.2, 0) is 0 Å². The first kappa shape index (κ1) is 13.1. The van der Waals surface area contributed by atoms with Gasteiger partial charge in [0.15, 0.2) is 5.82 Å². The summed E-state index contributed by atoms with van der Waals surface area (Å²) in [5.41, 5.74) is 0.871. The molecular weight excluding hydrogens is 270 g/mol. The summed E-state index contributed by atoms with van der Waals surface area (Å²) in [5.74, 6) is 0.413. The third kappa shape index (κ3) is 2.57. The number of nitrogens with one attached hydrogen (secondary N) is 2. The van der Waals surface area contributed by atoms with Crippen LogP contribution in [0, 0.1) is 13.8 Å². The van der Waals surface area contributed by atoms with E-state index in [2.05, 4.69) is 35.2 Å². The van der Waals surface area contributed by atoms with E-state index in [0.717, 1.165) is 0 Å². The smallest absolute Gasteiger partial charge is 0.271 e. The van der Waals surface area contributed by atoms with Gasteiger partial charge in [-0.25, -0.2) is 4.98 Å². The molecule has 6 heteroatoms. The maximum Gasteiger partial charge on any atom is 0.271 e. The minimum atomic E-state index is -0.334. The van der Waals surface area contributed by atoms with Gasteiger partial charge in [0.05, 0.1) is 12.4 Å². The summed E-state index contributed by atoms with van der Waals surface area (Å²) in [6.45, 7) is 6.18. The number of H-pyrrole nitrogens is 1. The lowest BCUT2D eigenvalue weighted by Crippen LogP contribution is -2.14. The van der Waals surface area contributed by atoms with Gasteiger partial charge in [-0.15, -0.1) is 11.3 Å². The molecule has 0 saturated carbocycles. The van der Waals surface area contributed by atoms with Gasteiger partial charge < -0.3 is 10.3 Å². The van der Waals surface area contributed by atoms with Crippen LogP contribution in [0.2, 0.25) is 5.02 Å². The fraction of sp³-hybridized carbons (Fsp3) is 0.333. The highest BCUT2D eigenvalue weighted by Crippen LogP contribution is 2.29. The number of nitrogens with zero attached hydrogens (tertiary/aromatic N) is 1. The van der Waals surface area contributed by atoms with Crippen LogP contribution in [0.25, 0.3) is 0 Å². The fourth-order valence-corrected chi connectivity index (χ4v) is 3.03. The molecule has 2 rings (SSSR count). The van der Waals surface area contributed by atoms with Crippen molar-refractivity contribution in [1.82, 2.24) is 9.97 Å². The van der Waals surface area contributed by atoms with Crippen molar-refractivity contribution in [3.8, 4) is 0 Å². The van der Waals surface area contributed by atoms with E-state index >= 15 is 0 Å². The van der Waals surface area contributed by atoms with Crippen LogP contribution < -0.4 is 10.9 Å². The molecule has 2 N–H and O–H groups in total. The minimum Gasteiger partial charge on any atom is -0.362 e. The van der Waals surface area contributed by atoms with Crippen molar-refractivity contribution in [2.75, 3.05) is 5.32 Å². The predicted octanol–water partition coefficient (Wildman–Crippen LogP) is 3.27. The quantitative estimate of drug-likeness (QED) is 0.909. The molecule has 0 radical (unpaired) electrons. The molecule has 1 atom stereocenters. The standard InChI is InChI=1S/C12H14ClN3OS/c1-6-4-9(8(3)18-6)7(2)16-11-10(13)12(17)15-5-14-11/h4-5,7H,1-3H3,(H2,14,15,16,17). The Morgan fingerprint density at radius 1 is 1.50 bits per heavy atom. The average molecular weight is 284 g/mol. The number of aromatic amines is 1. The maximum absolute atomic E-state index is 11.4. The first-order valence-electron chi connectivity index (χ1n) is 5.55. The van der Waals surface area contributed by atoms with Gasteiger partial charge in [0.2, 0.25) is 0 Å². The lowest BCUT2D eigenvalue weighted by atomic mass is 10.1. The van der Waals surface area contributed by atoms with Gasteiger partial charge in [-0.3, -0.25) is 4.79 Å². The van der Waals surface area contributed by atoms with Crippen molar-refractivity contribution >= 4 is 28.8 Å². The zero-order chi connectivity index (χ0) is 13.3. The van der Waals surface area contributed by atoms with Gasteiger partial charge in [0.25, 0.3) is 5.56 Å². The molecule has 0 amide bonds. The largest absolute Gasteiger partial charge is 0.362 e. The van der Waals surface area contributed by atoms with Gasteiger partial charge in [-0.05, 0) is 32.4 Å². The van der Waals surface area contributed by atoms with Crippen LogP contribution in [0.3, 0.4) is 0 Å². The van der Waals surface area contributed by atoms with Crippen LogP contribution in [0.4, 0.5) is 5.82 Å². The van der Waals surface area contributed by atoms with Crippen molar-refractivity contribution in [2.24, 2.45) is 0 Å². The topological polar surface area (TPSA) is 57.8 Å². The molecule has 0 aliphatic rings. The van der Waals surface area contributed by atoms with E-state index in [4.69, 9.17) is 11.6 Å². The Bertz CT molecular complexity index is 620. The molecule has 0 bridgehead atoms. The van der Waals surface area contributed by atoms with Crippen molar-refractivity contribution in [3.05, 3.63) is 43.1 Å². The van der Waals surface area contributed by atoms with E-state index in [1.807, 2.05) is 6.92 Å². The zero-order valence-corrected chi connectivity index (χ0v) is 11.9. The molecule has 2 heterocycles. The number of anilines is 1. The molecule has 2 aromatic rings. The van der Waals surface area contributed by atoms with Crippen LogP contribution in [0.5, 0.6) is 0 Å². The summed E-state index contributed by atoms with van der Waals surface area (Å²) >= 11 is 7.66. The molecular formula is C12H14ClN3OS. The highest BCUT2D eigenvalue weighted by Gasteiger charge is 2.14. The van der Waals surface area contributed by atoms with Crippen molar-refractivity contribution < 1.29 is 0 Å². The number of aryl methyl sites for hydroxylation is 2. The van der Waals surface area contributed by atoms with Crippen LogP contribution in [-0.4, -0.2) is 9.97 Å². The van der Waals surface area contributed by atoms with E-state index in [1.54, 1.807) is 11.3 Å². The lowest BCUT2D eigenvalue weighted by Gasteiger charge is -2.14. The molecule has 0 aliphatic carbocycles. The Morgan fingerprint density at radius 3 is 2.83 bits per heavy atom. The normalized spacial score (nSPS) is 12.4. The Morgan fingerprint density at radius 2 is 2.22 bits per heavy atom. The van der Waals surface area contributed by atoms with Gasteiger partial charge in [0, 0.05) is 9.75 Å². The van der Waals surface area contributed by atoms with Crippen molar-refractivity contribution in [1.29, 1.82) is 0 Å². The lowest BCUT2D eigenvalue weighted by molar-refractivity contribution is 0.867. The van der Waals surface area contributed by atoms with Crippen LogP contribution in [0.15, 0.2) is 17.2 Å². The molecule has 4 nitrogen and oxygen atoms in total. The average Bonchev–Trinajstić information content (AvgIpc) is 2.64. The van der Waals surface area contributed by atoms with Gasteiger partial charge >= 0.3 is 0 Å². The van der Waals surface area contributed by atoms with Crippen LogP contribution in [0.1, 0.15) is 28.3 Å². The minimum absolute atomic E-state index is 0.0572. The second-order valence-corrected chi connectivity index (χ2v) is 5.97. The van der Waals surface area contributed by atoms with Gasteiger partial charge in [-0.1, -0.05) is 11.6 Å². The van der Waals surface area contributed by atoms with E-state index in [0.29, 0.717) is 5.82 Å². The maximum atomic E-state index is 11.4. The first-order valence-corrected chi connectivity index (χ1v) is 6.75. The molecule has 0 saturated heterocycles. The predicted molar refractivity (Wildman–Crippen MR) is 75.7 cm³/mol. The molecule has 96 valence electrons. The summed E-state index contributed by atoms with van der Waals surface area (Å²) in [5, 5.41) is 3.26. The molecule has 1 unspecified atom stereocenters. The van der Waals surface area contributed by atoms with Crippen molar-refractivity contribution in [3.63, 3.8) is 0 Å². The molecule has 0 aromatic carbocycles.